The fraction of sp³-hybridized carbons (Fsp3) is 0.625. The van der Waals surface area contributed by atoms with Gasteiger partial charge in [-0.15, -0.1) is 0 Å². The predicted octanol–water partition coefficient (Wildman–Crippen LogP) is -0.697. The monoisotopic (exact) mass is 223 g/mol. The first-order chi connectivity index (χ1) is 6.33. The number of hydrogen-bond acceptors (Lipinski definition) is 4. The normalized spacial score (nSPS) is 10.8. The quantitative estimate of drug-likeness (QED) is 0.267. The molecule has 0 saturated heterocycles. The summed E-state index contributed by atoms with van der Waals surface area (Å²) in [7, 11) is 5.20. The van der Waals surface area contributed by atoms with Gasteiger partial charge in [-0.25, -0.2) is 0 Å². The lowest BCUT2D eigenvalue weighted by Gasteiger charge is -2.22. The second-order valence-electron chi connectivity index (χ2n) is 3.50. The molecular formula is C8H18NO4P. The molecule has 1 atom stereocenters. The maximum absolute atomic E-state index is 9.87. The highest BCUT2D eigenvalue weighted by atomic mass is 31.1. The SMILES string of the molecule is C=CC(=O)[O-].C[N+](C)(C)CCO[PH2]=O. The number of carbonyl (C=O) groups excluding carboxylic acids is 1. The molecule has 0 saturated carbocycles. The highest BCUT2D eigenvalue weighted by molar-refractivity contribution is 7.17. The van der Waals surface area contributed by atoms with Gasteiger partial charge in [0.25, 0.3) is 0 Å². The van der Waals surface area contributed by atoms with Crippen LogP contribution in [0.5, 0.6) is 0 Å². The second kappa shape index (κ2) is 8.94. The van der Waals surface area contributed by atoms with E-state index in [0.29, 0.717) is 6.61 Å². The van der Waals surface area contributed by atoms with Crippen LogP contribution in [-0.4, -0.2) is 44.7 Å². The molecule has 0 radical (unpaired) electrons. The first kappa shape index (κ1) is 15.8. The largest absolute Gasteiger partial charge is 0.545 e. The summed E-state index contributed by atoms with van der Waals surface area (Å²) < 4.78 is 15.5. The van der Waals surface area contributed by atoms with Crippen molar-refractivity contribution >= 4 is 14.7 Å². The van der Waals surface area contributed by atoms with Gasteiger partial charge in [-0.3, -0.25) is 4.57 Å². The molecule has 5 nitrogen and oxygen atoms in total. The number of aliphatic carboxylic acids is 1. The van der Waals surface area contributed by atoms with Crippen LogP contribution in [0.15, 0.2) is 12.7 Å². The summed E-state index contributed by atoms with van der Waals surface area (Å²) in [6, 6.07) is 0. The third-order valence-electron chi connectivity index (χ3n) is 1.11. The minimum absolute atomic E-state index is 0.600. The number of nitrogens with zero attached hydrogens (tertiary/aromatic N) is 1. The maximum atomic E-state index is 9.87. The molecule has 0 aromatic heterocycles. The zero-order valence-corrected chi connectivity index (χ0v) is 10.0. The van der Waals surface area contributed by atoms with E-state index in [1.54, 1.807) is 0 Å². The number of carboxylic acids is 1. The Labute approximate surface area is 85.9 Å². The molecule has 0 fully saturated rings. The number of hydrogen-bond donors (Lipinski definition) is 0. The molecule has 0 aliphatic rings. The Bertz CT molecular complexity index is 188. The van der Waals surface area contributed by atoms with Crippen LogP contribution in [0.1, 0.15) is 0 Å². The summed E-state index contributed by atoms with van der Waals surface area (Å²) in [4.78, 5) is 9.14. The molecule has 1 unspecified atom stereocenters. The zero-order chi connectivity index (χ0) is 11.6. The van der Waals surface area contributed by atoms with Crippen molar-refractivity contribution in [1.29, 1.82) is 0 Å². The number of carboxylic acid groups (broad SMARTS) is 1. The van der Waals surface area contributed by atoms with E-state index in [0.717, 1.165) is 17.1 Å². The van der Waals surface area contributed by atoms with Gasteiger partial charge in [-0.2, -0.15) is 0 Å². The zero-order valence-electron chi connectivity index (χ0n) is 8.86. The van der Waals surface area contributed by atoms with E-state index in [9.17, 15) is 4.57 Å². The molecule has 0 heterocycles. The van der Waals surface area contributed by atoms with Gasteiger partial charge in [0.15, 0.2) is 8.69 Å². The van der Waals surface area contributed by atoms with Crippen molar-refractivity contribution in [2.75, 3.05) is 34.3 Å². The van der Waals surface area contributed by atoms with Gasteiger partial charge in [0.2, 0.25) is 0 Å². The van der Waals surface area contributed by atoms with E-state index < -0.39 is 14.7 Å². The molecule has 0 bridgehead atoms. The average Bonchev–Trinajstić information content (AvgIpc) is 2.04. The van der Waals surface area contributed by atoms with E-state index in [1.165, 1.54) is 0 Å². The van der Waals surface area contributed by atoms with Gasteiger partial charge in [-0.1, -0.05) is 6.58 Å². The molecule has 0 aromatic rings. The Morgan fingerprint density at radius 2 is 2.00 bits per heavy atom. The van der Waals surface area contributed by atoms with Crippen molar-refractivity contribution < 1.29 is 23.5 Å². The lowest BCUT2D eigenvalue weighted by atomic mass is 10.5. The van der Waals surface area contributed by atoms with E-state index >= 15 is 0 Å². The van der Waals surface area contributed by atoms with Crippen LogP contribution in [0.3, 0.4) is 0 Å². The number of quaternary nitrogens is 1. The summed E-state index contributed by atoms with van der Waals surface area (Å²) in [6.07, 6.45) is 0.722. The van der Waals surface area contributed by atoms with Crippen molar-refractivity contribution in [3.8, 4) is 0 Å². The Hall–Kier alpha value is -0.640. The average molecular weight is 223 g/mol. The number of carbonyl (C=O) groups is 1. The Balaban J connectivity index is 0. The molecule has 0 aliphatic heterocycles. The van der Waals surface area contributed by atoms with Crippen LogP contribution in [0.2, 0.25) is 0 Å². The van der Waals surface area contributed by atoms with Gasteiger partial charge in [0.05, 0.1) is 27.1 Å². The molecule has 14 heavy (non-hydrogen) atoms. The first-order valence-corrected chi connectivity index (χ1v) is 4.97. The molecule has 6 heteroatoms. The second-order valence-corrected chi connectivity index (χ2v) is 4.03. The van der Waals surface area contributed by atoms with Crippen LogP contribution < -0.4 is 5.11 Å². The summed E-state index contributed by atoms with van der Waals surface area (Å²) >= 11 is 0. The van der Waals surface area contributed by atoms with E-state index in [4.69, 9.17) is 14.4 Å². The molecule has 0 rings (SSSR count). The van der Waals surface area contributed by atoms with Crippen molar-refractivity contribution in [3.05, 3.63) is 12.7 Å². The highest BCUT2D eigenvalue weighted by Gasteiger charge is 2.04. The summed E-state index contributed by atoms with van der Waals surface area (Å²) in [5.41, 5.74) is 0. The third-order valence-corrected chi connectivity index (χ3v) is 1.49. The molecule has 0 aromatic carbocycles. The van der Waals surface area contributed by atoms with E-state index in [2.05, 4.69) is 27.7 Å². The predicted molar refractivity (Wildman–Crippen MR) is 54.5 cm³/mol. The van der Waals surface area contributed by atoms with Gasteiger partial charge in [0, 0.05) is 0 Å². The van der Waals surface area contributed by atoms with E-state index in [1.807, 2.05) is 0 Å². The van der Waals surface area contributed by atoms with Crippen LogP contribution in [-0.2, 0) is 13.9 Å². The van der Waals surface area contributed by atoms with Crippen molar-refractivity contribution in [2.45, 2.75) is 0 Å². The van der Waals surface area contributed by atoms with Crippen LogP contribution in [0.4, 0.5) is 0 Å². The number of likely N-dealkylation sites (N-methyl/N-ethyl adjacent to an activating group) is 1. The van der Waals surface area contributed by atoms with Gasteiger partial charge in [0.1, 0.15) is 13.2 Å². The molecule has 0 amide bonds. The molecule has 0 spiro atoms. The van der Waals surface area contributed by atoms with E-state index in [-0.39, 0.29) is 0 Å². The van der Waals surface area contributed by atoms with Crippen molar-refractivity contribution in [3.63, 3.8) is 0 Å². The van der Waals surface area contributed by atoms with Crippen LogP contribution in [0, 0.1) is 0 Å². The summed E-state index contributed by atoms with van der Waals surface area (Å²) in [5.74, 6) is -1.23. The number of rotatable bonds is 5. The maximum Gasteiger partial charge on any atom is 0.180 e. The summed E-state index contributed by atoms with van der Waals surface area (Å²) in [5, 5.41) is 9.14. The fourth-order valence-corrected chi connectivity index (χ4v) is 0.576. The summed E-state index contributed by atoms with van der Waals surface area (Å²) in [6.45, 7) is 4.41. The smallest absolute Gasteiger partial charge is 0.180 e. The minimum Gasteiger partial charge on any atom is -0.545 e. The topological polar surface area (TPSA) is 66.4 Å². The Morgan fingerprint density at radius 1 is 1.57 bits per heavy atom. The van der Waals surface area contributed by atoms with Gasteiger partial charge in [-0.05, 0) is 6.08 Å². The molecule has 0 aliphatic carbocycles. The van der Waals surface area contributed by atoms with Gasteiger partial charge < -0.3 is 18.9 Å². The first-order valence-electron chi connectivity index (χ1n) is 4.02. The van der Waals surface area contributed by atoms with Crippen molar-refractivity contribution in [1.82, 2.24) is 0 Å². The molecule has 0 N–H and O–H groups in total. The van der Waals surface area contributed by atoms with Crippen LogP contribution in [0.25, 0.3) is 0 Å². The fourth-order valence-electron chi connectivity index (χ4n) is 0.375. The Kier molecular flexibility index (Phi) is 10.1. The standard InChI is InChI=1S/C5H15NO2P.C3H4O2/c1-6(2,3)4-5-8-9-7;1-2-3(4)5/h4-5,9H2,1-3H3;2H,1H2,(H,4,5)/q+1;/p-1. The highest BCUT2D eigenvalue weighted by Crippen LogP contribution is 1.96. The minimum atomic E-state index is -1.23. The third kappa shape index (κ3) is 22.5. The van der Waals surface area contributed by atoms with Crippen molar-refractivity contribution in [2.24, 2.45) is 0 Å². The molecular weight excluding hydrogens is 205 g/mol. The lowest BCUT2D eigenvalue weighted by Crippen LogP contribution is -2.37. The van der Waals surface area contributed by atoms with Crippen LogP contribution >= 0.6 is 8.69 Å². The van der Waals surface area contributed by atoms with Gasteiger partial charge >= 0.3 is 0 Å². The lowest BCUT2D eigenvalue weighted by molar-refractivity contribution is -0.870. The Morgan fingerprint density at radius 3 is 2.21 bits per heavy atom. The molecule has 84 valence electrons.